The van der Waals surface area contributed by atoms with Crippen LogP contribution in [0.25, 0.3) is 0 Å². The number of sulfonamides is 1. The van der Waals surface area contributed by atoms with E-state index in [0.717, 1.165) is 31.9 Å². The molecule has 1 aromatic rings. The summed E-state index contributed by atoms with van der Waals surface area (Å²) in [5.74, 6) is 0.544. The van der Waals surface area contributed by atoms with Crippen molar-refractivity contribution >= 4 is 16.1 Å². The van der Waals surface area contributed by atoms with Crippen molar-refractivity contribution in [2.75, 3.05) is 12.9 Å². The first kappa shape index (κ1) is 22.1. The Hall–Kier alpha value is -1.64. The van der Waals surface area contributed by atoms with Crippen LogP contribution in [-0.2, 0) is 14.8 Å². The second-order valence-corrected chi connectivity index (χ2v) is 10.0. The van der Waals surface area contributed by atoms with Gasteiger partial charge in [0.1, 0.15) is 0 Å². The average Bonchev–Trinajstić information content (AvgIpc) is 3.03. The lowest BCUT2D eigenvalue weighted by Gasteiger charge is -2.33. The van der Waals surface area contributed by atoms with Crippen LogP contribution in [0.15, 0.2) is 30.3 Å². The van der Waals surface area contributed by atoms with Gasteiger partial charge in [0.2, 0.25) is 10.0 Å². The molecule has 3 atom stereocenters. The molecule has 1 saturated heterocycles. The zero-order valence-electron chi connectivity index (χ0n) is 17.2. The van der Waals surface area contributed by atoms with Gasteiger partial charge in [0.25, 0.3) is 0 Å². The van der Waals surface area contributed by atoms with E-state index in [-0.39, 0.29) is 18.8 Å². The van der Waals surface area contributed by atoms with Gasteiger partial charge in [0.05, 0.1) is 25.0 Å². The van der Waals surface area contributed by atoms with Crippen LogP contribution < -0.4 is 4.72 Å². The minimum absolute atomic E-state index is 0.0881. The summed E-state index contributed by atoms with van der Waals surface area (Å²) < 4.78 is 32.3. The maximum absolute atomic E-state index is 11.8. The fourth-order valence-electron chi connectivity index (χ4n) is 4.81. The lowest BCUT2D eigenvalue weighted by atomic mass is 9.83. The summed E-state index contributed by atoms with van der Waals surface area (Å²) in [6.07, 6.45) is 5.26. The molecule has 2 aliphatic rings. The molecule has 29 heavy (non-hydrogen) atoms. The van der Waals surface area contributed by atoms with Gasteiger partial charge in [-0.2, -0.15) is 0 Å². The Balaban J connectivity index is 1.60. The normalized spacial score (nSPS) is 30.4. The highest BCUT2D eigenvalue weighted by atomic mass is 32.2. The smallest absolute Gasteiger partial charge is 0.407 e. The molecule has 3 rings (SSSR count). The summed E-state index contributed by atoms with van der Waals surface area (Å²) in [5, 5.41) is 9.69. The molecule has 162 valence electrons. The van der Waals surface area contributed by atoms with Gasteiger partial charge in [-0.1, -0.05) is 37.3 Å². The van der Waals surface area contributed by atoms with Gasteiger partial charge >= 0.3 is 6.09 Å². The van der Waals surface area contributed by atoms with E-state index >= 15 is 0 Å². The van der Waals surface area contributed by atoms with E-state index in [2.05, 4.69) is 29.0 Å². The van der Waals surface area contributed by atoms with Crippen LogP contribution in [0.2, 0.25) is 0 Å². The standard InChI is InChI=1S/C21H32N2O5S/c1-3-17-13-19(22-29(2,26)27)20(23(17)21(24)25)14-28-18-11-9-16(10-12-18)15-7-5-4-6-8-15/h4-8,16-20,22H,3,9-14H2,1-2H3,(H,24,25)/t16-,17-,18+,19+,20+/m1/s1. The zero-order chi connectivity index (χ0) is 21.0. The number of nitrogens with zero attached hydrogens (tertiary/aromatic N) is 1. The first-order valence-electron chi connectivity index (χ1n) is 10.4. The van der Waals surface area contributed by atoms with Gasteiger partial charge < -0.3 is 9.84 Å². The third kappa shape index (κ3) is 5.71. The highest BCUT2D eigenvalue weighted by Gasteiger charge is 2.44. The lowest BCUT2D eigenvalue weighted by molar-refractivity contribution is -0.00780. The predicted molar refractivity (Wildman–Crippen MR) is 112 cm³/mol. The van der Waals surface area contributed by atoms with E-state index in [9.17, 15) is 18.3 Å². The number of hydrogen-bond acceptors (Lipinski definition) is 4. The number of amides is 1. The molecule has 2 fully saturated rings. The molecule has 0 radical (unpaired) electrons. The van der Waals surface area contributed by atoms with Crippen molar-refractivity contribution in [2.45, 2.75) is 75.6 Å². The van der Waals surface area contributed by atoms with Gasteiger partial charge in [-0.3, -0.25) is 4.90 Å². The van der Waals surface area contributed by atoms with Crippen LogP contribution >= 0.6 is 0 Å². The summed E-state index contributed by atoms with van der Waals surface area (Å²) in [4.78, 5) is 13.2. The number of ether oxygens (including phenoxy) is 1. The molecule has 0 spiro atoms. The summed E-state index contributed by atoms with van der Waals surface area (Å²) in [5.41, 5.74) is 1.36. The Morgan fingerprint density at radius 1 is 1.21 bits per heavy atom. The number of carbonyl (C=O) groups is 1. The van der Waals surface area contributed by atoms with Gasteiger partial charge in [0.15, 0.2) is 0 Å². The molecule has 8 heteroatoms. The van der Waals surface area contributed by atoms with Crippen LogP contribution in [0.3, 0.4) is 0 Å². The largest absolute Gasteiger partial charge is 0.465 e. The fourth-order valence-corrected chi connectivity index (χ4v) is 5.61. The molecule has 1 aromatic carbocycles. The summed E-state index contributed by atoms with van der Waals surface area (Å²) in [6, 6.07) is 9.34. The number of nitrogens with one attached hydrogen (secondary N) is 1. The van der Waals surface area contributed by atoms with E-state index in [1.165, 1.54) is 10.5 Å². The minimum atomic E-state index is -3.43. The molecular weight excluding hydrogens is 392 g/mol. The molecule has 1 aliphatic carbocycles. The number of likely N-dealkylation sites (tertiary alicyclic amines) is 1. The molecule has 1 aliphatic heterocycles. The second kappa shape index (κ2) is 9.45. The third-order valence-corrected chi connectivity index (χ3v) is 6.98. The van der Waals surface area contributed by atoms with Crippen LogP contribution in [0.4, 0.5) is 4.79 Å². The van der Waals surface area contributed by atoms with Crippen LogP contribution in [0, 0.1) is 0 Å². The Labute approximate surface area is 173 Å². The van der Waals surface area contributed by atoms with Crippen molar-refractivity contribution in [2.24, 2.45) is 0 Å². The Kier molecular flexibility index (Phi) is 7.19. The Morgan fingerprint density at radius 2 is 1.86 bits per heavy atom. The van der Waals surface area contributed by atoms with Crippen LogP contribution in [0.1, 0.15) is 56.9 Å². The summed E-state index contributed by atoms with van der Waals surface area (Å²) in [6.45, 7) is 2.14. The van der Waals surface area contributed by atoms with E-state index in [0.29, 0.717) is 18.8 Å². The molecule has 1 saturated carbocycles. The minimum Gasteiger partial charge on any atom is -0.465 e. The van der Waals surface area contributed by atoms with Gasteiger partial charge in [0, 0.05) is 12.1 Å². The Bertz CT molecular complexity index is 778. The molecule has 0 unspecified atom stereocenters. The summed E-state index contributed by atoms with van der Waals surface area (Å²) in [7, 11) is -3.43. The lowest BCUT2D eigenvalue weighted by Crippen LogP contribution is -2.50. The maximum atomic E-state index is 11.8. The van der Waals surface area contributed by atoms with Crippen molar-refractivity contribution < 1.29 is 23.1 Å². The van der Waals surface area contributed by atoms with Crippen LogP contribution in [0.5, 0.6) is 0 Å². The van der Waals surface area contributed by atoms with Crippen molar-refractivity contribution in [1.29, 1.82) is 0 Å². The van der Waals surface area contributed by atoms with Gasteiger partial charge in [-0.05, 0) is 50.0 Å². The van der Waals surface area contributed by atoms with Gasteiger partial charge in [-0.25, -0.2) is 17.9 Å². The second-order valence-electron chi connectivity index (χ2n) is 8.27. The number of hydrogen-bond donors (Lipinski definition) is 2. The maximum Gasteiger partial charge on any atom is 0.407 e. The summed E-state index contributed by atoms with van der Waals surface area (Å²) >= 11 is 0. The topological polar surface area (TPSA) is 95.9 Å². The molecule has 0 bridgehead atoms. The molecule has 1 heterocycles. The quantitative estimate of drug-likeness (QED) is 0.701. The fraction of sp³-hybridized carbons (Fsp3) is 0.667. The van der Waals surface area contributed by atoms with Crippen LogP contribution in [-0.4, -0.2) is 61.6 Å². The van der Waals surface area contributed by atoms with E-state index in [1.54, 1.807) is 0 Å². The number of carboxylic acid groups (broad SMARTS) is 1. The molecular formula is C21H32N2O5S. The molecule has 2 N–H and O–H groups in total. The molecule has 7 nitrogen and oxygen atoms in total. The van der Waals surface area contributed by atoms with E-state index in [4.69, 9.17) is 4.74 Å². The Morgan fingerprint density at radius 3 is 2.41 bits per heavy atom. The number of rotatable bonds is 7. The van der Waals surface area contributed by atoms with Crippen molar-refractivity contribution in [3.05, 3.63) is 35.9 Å². The average molecular weight is 425 g/mol. The zero-order valence-corrected chi connectivity index (χ0v) is 18.0. The molecule has 0 aromatic heterocycles. The number of benzene rings is 1. The highest BCUT2D eigenvalue weighted by Crippen LogP contribution is 2.35. The predicted octanol–water partition coefficient (Wildman–Crippen LogP) is 3.18. The first-order chi connectivity index (χ1) is 13.8. The monoisotopic (exact) mass is 424 g/mol. The SMILES string of the molecule is CC[C@@H]1C[C@H](NS(C)(=O)=O)[C@H](CO[C@H]2CC[C@@H](c3ccccc3)CC2)N1C(=O)O. The molecule has 1 amide bonds. The third-order valence-electron chi connectivity index (χ3n) is 6.25. The van der Waals surface area contributed by atoms with Gasteiger partial charge in [-0.15, -0.1) is 0 Å². The van der Waals surface area contributed by atoms with Crippen molar-refractivity contribution in [3.63, 3.8) is 0 Å². The van der Waals surface area contributed by atoms with Crippen molar-refractivity contribution in [1.82, 2.24) is 9.62 Å². The van der Waals surface area contributed by atoms with E-state index in [1.807, 2.05) is 13.0 Å². The highest BCUT2D eigenvalue weighted by molar-refractivity contribution is 7.88. The van der Waals surface area contributed by atoms with Crippen molar-refractivity contribution in [3.8, 4) is 0 Å². The van der Waals surface area contributed by atoms with E-state index < -0.39 is 28.2 Å². The first-order valence-corrected chi connectivity index (χ1v) is 12.3.